The van der Waals surface area contributed by atoms with Crippen LogP contribution in [0.15, 0.2) is 36.4 Å². The molecule has 2 atom stereocenters. The van der Waals surface area contributed by atoms with Gasteiger partial charge in [-0.2, -0.15) is 5.26 Å². The standard InChI is InChI=1S/C14H13N3O3/c15-8-9-1-4-11(5-2-9)16-14(20)17-12-6-3-10(7-12)13(18)19/h1-6,10,12H,7H2,(H,18,19)(H2,16,17,20). The molecule has 20 heavy (non-hydrogen) atoms. The number of benzene rings is 1. The zero-order chi connectivity index (χ0) is 14.5. The van der Waals surface area contributed by atoms with Gasteiger partial charge >= 0.3 is 12.0 Å². The van der Waals surface area contributed by atoms with Gasteiger partial charge in [0.15, 0.2) is 0 Å². The predicted molar refractivity (Wildman–Crippen MR) is 72.0 cm³/mol. The van der Waals surface area contributed by atoms with E-state index in [-0.39, 0.29) is 6.04 Å². The number of nitrogens with zero attached hydrogens (tertiary/aromatic N) is 1. The first-order chi connectivity index (χ1) is 9.58. The van der Waals surface area contributed by atoms with E-state index in [9.17, 15) is 9.59 Å². The Bertz CT molecular complexity index is 587. The molecule has 2 amide bonds. The highest BCUT2D eigenvalue weighted by molar-refractivity contribution is 5.89. The lowest BCUT2D eigenvalue weighted by Gasteiger charge is -2.13. The van der Waals surface area contributed by atoms with E-state index in [2.05, 4.69) is 10.6 Å². The van der Waals surface area contributed by atoms with Crippen LogP contribution in [0.4, 0.5) is 10.5 Å². The maximum absolute atomic E-state index is 11.7. The van der Waals surface area contributed by atoms with Gasteiger partial charge in [0.25, 0.3) is 0 Å². The molecular weight excluding hydrogens is 258 g/mol. The maximum atomic E-state index is 11.7. The number of rotatable bonds is 3. The molecule has 0 spiro atoms. The molecule has 1 aliphatic carbocycles. The predicted octanol–water partition coefficient (Wildman–Crippen LogP) is 1.71. The van der Waals surface area contributed by atoms with Crippen LogP contribution < -0.4 is 10.6 Å². The molecule has 0 heterocycles. The van der Waals surface area contributed by atoms with E-state index in [1.54, 1.807) is 36.4 Å². The first-order valence-electron chi connectivity index (χ1n) is 6.07. The summed E-state index contributed by atoms with van der Waals surface area (Å²) in [6.45, 7) is 0. The van der Waals surface area contributed by atoms with Crippen LogP contribution in [0, 0.1) is 17.2 Å². The Morgan fingerprint density at radius 1 is 1.25 bits per heavy atom. The fraction of sp³-hybridized carbons (Fsp3) is 0.214. The zero-order valence-corrected chi connectivity index (χ0v) is 10.5. The third-order valence-corrected chi connectivity index (χ3v) is 2.99. The van der Waals surface area contributed by atoms with Gasteiger partial charge in [-0.15, -0.1) is 0 Å². The summed E-state index contributed by atoms with van der Waals surface area (Å²) >= 11 is 0. The highest BCUT2D eigenvalue weighted by Gasteiger charge is 2.25. The van der Waals surface area contributed by atoms with Gasteiger partial charge < -0.3 is 15.7 Å². The Kier molecular flexibility index (Phi) is 4.01. The SMILES string of the molecule is N#Cc1ccc(NC(=O)NC2C=CC(C(=O)O)C2)cc1. The highest BCUT2D eigenvalue weighted by atomic mass is 16.4. The lowest BCUT2D eigenvalue weighted by Crippen LogP contribution is -2.36. The van der Waals surface area contributed by atoms with Crippen molar-refractivity contribution in [2.24, 2.45) is 5.92 Å². The van der Waals surface area contributed by atoms with Crippen LogP contribution in [0.3, 0.4) is 0 Å². The average Bonchev–Trinajstić information content (AvgIpc) is 2.88. The fourth-order valence-electron chi connectivity index (χ4n) is 1.95. The lowest BCUT2D eigenvalue weighted by molar-refractivity contribution is -0.140. The third-order valence-electron chi connectivity index (χ3n) is 2.99. The number of nitrogens with one attached hydrogen (secondary N) is 2. The van der Waals surface area contributed by atoms with Crippen LogP contribution in [0.5, 0.6) is 0 Å². The molecule has 2 unspecified atom stereocenters. The van der Waals surface area contributed by atoms with Crippen molar-refractivity contribution in [3.63, 3.8) is 0 Å². The minimum atomic E-state index is -0.891. The minimum Gasteiger partial charge on any atom is -0.481 e. The van der Waals surface area contributed by atoms with Crippen LogP contribution in [-0.4, -0.2) is 23.1 Å². The van der Waals surface area contributed by atoms with Gasteiger partial charge in [-0.1, -0.05) is 12.2 Å². The third kappa shape index (κ3) is 3.36. The Labute approximate surface area is 115 Å². The van der Waals surface area contributed by atoms with Gasteiger partial charge in [-0.05, 0) is 30.7 Å². The summed E-state index contributed by atoms with van der Waals surface area (Å²) in [6, 6.07) is 7.76. The molecule has 6 heteroatoms. The quantitative estimate of drug-likeness (QED) is 0.728. The maximum Gasteiger partial charge on any atom is 0.319 e. The van der Waals surface area contributed by atoms with Gasteiger partial charge in [0, 0.05) is 5.69 Å². The molecule has 6 nitrogen and oxygen atoms in total. The molecule has 0 bridgehead atoms. The Balaban J connectivity index is 1.86. The molecular formula is C14H13N3O3. The van der Waals surface area contributed by atoms with Crippen LogP contribution >= 0.6 is 0 Å². The number of hydrogen-bond donors (Lipinski definition) is 3. The van der Waals surface area contributed by atoms with Crippen LogP contribution in [0.2, 0.25) is 0 Å². The molecule has 0 aliphatic heterocycles. The number of carboxylic acid groups (broad SMARTS) is 1. The summed E-state index contributed by atoms with van der Waals surface area (Å²) in [4.78, 5) is 22.5. The van der Waals surface area contributed by atoms with E-state index >= 15 is 0 Å². The van der Waals surface area contributed by atoms with Crippen molar-refractivity contribution in [3.8, 4) is 6.07 Å². The topological polar surface area (TPSA) is 102 Å². The van der Waals surface area contributed by atoms with Crippen molar-refractivity contribution in [2.75, 3.05) is 5.32 Å². The Hall–Kier alpha value is -2.81. The van der Waals surface area contributed by atoms with Crippen molar-refractivity contribution in [2.45, 2.75) is 12.5 Å². The molecule has 0 fully saturated rings. The van der Waals surface area contributed by atoms with Gasteiger partial charge in [0.05, 0.1) is 23.6 Å². The van der Waals surface area contributed by atoms with E-state index in [0.29, 0.717) is 17.7 Å². The van der Waals surface area contributed by atoms with Crippen LogP contribution in [-0.2, 0) is 4.79 Å². The molecule has 1 aliphatic rings. The fourth-order valence-corrected chi connectivity index (χ4v) is 1.95. The van der Waals surface area contributed by atoms with Gasteiger partial charge in [-0.3, -0.25) is 4.79 Å². The summed E-state index contributed by atoms with van der Waals surface area (Å²) in [5.41, 5.74) is 1.08. The van der Waals surface area contributed by atoms with E-state index < -0.39 is 17.9 Å². The highest BCUT2D eigenvalue weighted by Crippen LogP contribution is 2.18. The largest absolute Gasteiger partial charge is 0.481 e. The smallest absolute Gasteiger partial charge is 0.319 e. The number of nitriles is 1. The normalized spacial score (nSPS) is 20.1. The molecule has 1 aromatic carbocycles. The summed E-state index contributed by atoms with van der Waals surface area (Å²) < 4.78 is 0. The van der Waals surface area contributed by atoms with Gasteiger partial charge in [-0.25, -0.2) is 4.79 Å². The number of urea groups is 1. The van der Waals surface area contributed by atoms with Gasteiger partial charge in [0.1, 0.15) is 0 Å². The molecule has 102 valence electrons. The van der Waals surface area contributed by atoms with Crippen molar-refractivity contribution in [1.82, 2.24) is 5.32 Å². The Morgan fingerprint density at radius 2 is 1.95 bits per heavy atom. The molecule has 0 saturated carbocycles. The van der Waals surface area contributed by atoms with E-state index in [1.165, 1.54) is 0 Å². The molecule has 0 radical (unpaired) electrons. The van der Waals surface area contributed by atoms with Crippen molar-refractivity contribution < 1.29 is 14.7 Å². The summed E-state index contributed by atoms with van der Waals surface area (Å²) in [5.74, 6) is -1.44. The molecule has 0 aromatic heterocycles. The number of carbonyl (C=O) groups is 2. The lowest BCUT2D eigenvalue weighted by atomic mass is 10.1. The molecule has 2 rings (SSSR count). The van der Waals surface area contributed by atoms with Crippen LogP contribution in [0.1, 0.15) is 12.0 Å². The number of anilines is 1. The van der Waals surface area contributed by atoms with Crippen molar-refractivity contribution in [3.05, 3.63) is 42.0 Å². The molecule has 3 N–H and O–H groups in total. The molecule has 0 saturated heterocycles. The second kappa shape index (κ2) is 5.89. The summed E-state index contributed by atoms with van der Waals surface area (Å²) in [7, 11) is 0. The van der Waals surface area contributed by atoms with E-state index in [0.717, 1.165) is 0 Å². The monoisotopic (exact) mass is 271 g/mol. The molecule has 1 aromatic rings. The minimum absolute atomic E-state index is 0.283. The number of amides is 2. The number of carbonyl (C=O) groups excluding carboxylic acids is 1. The zero-order valence-electron chi connectivity index (χ0n) is 10.5. The van der Waals surface area contributed by atoms with Gasteiger partial charge in [0.2, 0.25) is 0 Å². The van der Waals surface area contributed by atoms with Crippen molar-refractivity contribution in [1.29, 1.82) is 5.26 Å². The van der Waals surface area contributed by atoms with Crippen LogP contribution in [0.25, 0.3) is 0 Å². The summed E-state index contributed by atoms with van der Waals surface area (Å²) in [5, 5.41) is 22.8. The van der Waals surface area contributed by atoms with Crippen molar-refractivity contribution >= 4 is 17.7 Å². The first-order valence-corrected chi connectivity index (χ1v) is 6.07. The van der Waals surface area contributed by atoms with E-state index in [1.807, 2.05) is 6.07 Å². The second-order valence-electron chi connectivity index (χ2n) is 4.46. The number of carboxylic acids is 1. The Morgan fingerprint density at radius 3 is 2.50 bits per heavy atom. The first kappa shape index (κ1) is 13.6. The number of hydrogen-bond acceptors (Lipinski definition) is 3. The second-order valence-corrected chi connectivity index (χ2v) is 4.46. The average molecular weight is 271 g/mol. The van der Waals surface area contributed by atoms with E-state index in [4.69, 9.17) is 10.4 Å². The number of aliphatic carboxylic acids is 1. The summed E-state index contributed by atoms with van der Waals surface area (Å²) in [6.07, 6.45) is 3.61.